The maximum Gasteiger partial charge on any atom is 0.254 e. The van der Waals surface area contributed by atoms with Crippen LogP contribution in [0.3, 0.4) is 0 Å². The number of carbonyl (C=O) groups excluding carboxylic acids is 2. The molecule has 2 bridgehead atoms. The number of nitro groups is 1. The Labute approximate surface area is 156 Å². The summed E-state index contributed by atoms with van der Waals surface area (Å²) in [6.45, 7) is 1.83. The van der Waals surface area contributed by atoms with Crippen molar-refractivity contribution in [2.75, 3.05) is 0 Å². The van der Waals surface area contributed by atoms with Crippen molar-refractivity contribution >= 4 is 11.7 Å². The van der Waals surface area contributed by atoms with E-state index in [9.17, 15) is 19.7 Å². The molecule has 0 radical (unpaired) electrons. The molecule has 1 saturated carbocycles. The largest absolute Gasteiger partial charge is 0.325 e. The molecule has 1 aliphatic carbocycles. The van der Waals surface area contributed by atoms with Crippen LogP contribution < -0.4 is 0 Å². The van der Waals surface area contributed by atoms with Crippen LogP contribution in [-0.4, -0.2) is 39.6 Å². The first-order valence-electron chi connectivity index (χ1n) is 9.09. The predicted molar refractivity (Wildman–Crippen MR) is 98.9 cm³/mol. The molecule has 1 amide bonds. The van der Waals surface area contributed by atoms with E-state index in [0.717, 1.165) is 5.56 Å². The highest BCUT2D eigenvalue weighted by molar-refractivity contribution is 5.97. The number of rotatable bonds is 3. The standard InChI is InChI=1S/C21H20N2O4/c1-13-18-17(24)12-16(22(13)21(25)15-10-6-3-7-11-15)20(23(26)27)19(18)14-8-4-2-5-9-14/h2-11,13,16,18-20H,12H2,1H3/t13-,16+,18-,19+,20+/m0/s1. The third kappa shape index (κ3) is 2.72. The zero-order valence-corrected chi connectivity index (χ0v) is 14.9. The first kappa shape index (κ1) is 17.4. The smallest absolute Gasteiger partial charge is 0.254 e. The lowest BCUT2D eigenvalue weighted by molar-refractivity contribution is -0.541. The molecular weight excluding hydrogens is 344 g/mol. The third-order valence-corrected chi connectivity index (χ3v) is 5.93. The van der Waals surface area contributed by atoms with E-state index in [4.69, 9.17) is 0 Å². The van der Waals surface area contributed by atoms with E-state index in [2.05, 4.69) is 0 Å². The van der Waals surface area contributed by atoms with E-state index in [0.29, 0.717) is 5.56 Å². The number of fused-ring (bicyclic) bond motifs is 3. The molecule has 0 aromatic heterocycles. The Morgan fingerprint density at radius 3 is 2.22 bits per heavy atom. The van der Waals surface area contributed by atoms with Gasteiger partial charge < -0.3 is 4.90 Å². The van der Waals surface area contributed by atoms with Crippen LogP contribution >= 0.6 is 0 Å². The van der Waals surface area contributed by atoms with E-state index in [1.165, 1.54) is 0 Å². The molecule has 2 aromatic carbocycles. The molecule has 0 unspecified atom stereocenters. The van der Waals surface area contributed by atoms with Gasteiger partial charge in [-0.05, 0) is 24.6 Å². The van der Waals surface area contributed by atoms with Gasteiger partial charge in [0.1, 0.15) is 11.8 Å². The van der Waals surface area contributed by atoms with Crippen molar-refractivity contribution in [3.8, 4) is 0 Å². The van der Waals surface area contributed by atoms with Crippen molar-refractivity contribution in [1.29, 1.82) is 0 Å². The first-order chi connectivity index (χ1) is 13.0. The van der Waals surface area contributed by atoms with Crippen molar-refractivity contribution in [3.63, 3.8) is 0 Å². The minimum Gasteiger partial charge on any atom is -0.325 e. The highest BCUT2D eigenvalue weighted by Crippen LogP contribution is 2.48. The Bertz CT molecular complexity index is 878. The van der Waals surface area contributed by atoms with Crippen LogP contribution in [0.25, 0.3) is 0 Å². The zero-order valence-electron chi connectivity index (χ0n) is 14.9. The van der Waals surface area contributed by atoms with Crippen LogP contribution in [0.2, 0.25) is 0 Å². The lowest BCUT2D eigenvalue weighted by Gasteiger charge is -2.53. The van der Waals surface area contributed by atoms with Gasteiger partial charge in [-0.1, -0.05) is 48.5 Å². The van der Waals surface area contributed by atoms with Gasteiger partial charge >= 0.3 is 0 Å². The number of benzene rings is 2. The molecule has 6 nitrogen and oxygen atoms in total. The molecule has 2 heterocycles. The Hall–Kier alpha value is -3.02. The maximum absolute atomic E-state index is 13.1. The average molecular weight is 364 g/mol. The normalized spacial score (nSPS) is 29.6. The van der Waals surface area contributed by atoms with Gasteiger partial charge in [-0.2, -0.15) is 0 Å². The highest BCUT2D eigenvalue weighted by Gasteiger charge is 2.62. The fourth-order valence-electron chi connectivity index (χ4n) is 4.84. The molecule has 3 fully saturated rings. The molecule has 2 saturated heterocycles. The summed E-state index contributed by atoms with van der Waals surface area (Å²) in [5, 5.41) is 12.0. The van der Waals surface area contributed by atoms with Crippen molar-refractivity contribution in [1.82, 2.24) is 4.90 Å². The summed E-state index contributed by atoms with van der Waals surface area (Å²) < 4.78 is 0. The lowest BCUT2D eigenvalue weighted by Crippen LogP contribution is -2.69. The predicted octanol–water partition coefficient (Wildman–Crippen LogP) is 2.92. The number of Topliss-reactive ketones (excluding diaryl/α,β-unsaturated/α-hetero) is 1. The number of carbonyl (C=O) groups is 2. The monoisotopic (exact) mass is 364 g/mol. The summed E-state index contributed by atoms with van der Waals surface area (Å²) in [6, 6.07) is 15.8. The summed E-state index contributed by atoms with van der Waals surface area (Å²) in [7, 11) is 0. The Morgan fingerprint density at radius 1 is 1.04 bits per heavy atom. The van der Waals surface area contributed by atoms with Crippen LogP contribution in [-0.2, 0) is 4.79 Å². The zero-order chi connectivity index (χ0) is 19.1. The summed E-state index contributed by atoms with van der Waals surface area (Å²) >= 11 is 0. The fourth-order valence-corrected chi connectivity index (χ4v) is 4.84. The molecule has 5 rings (SSSR count). The summed E-state index contributed by atoms with van der Waals surface area (Å²) in [5.41, 5.74) is 1.28. The Kier molecular flexibility index (Phi) is 4.26. The minimum absolute atomic E-state index is 0.0107. The second kappa shape index (κ2) is 6.61. The molecule has 0 spiro atoms. The number of hydrogen-bond acceptors (Lipinski definition) is 4. The number of nitrogens with zero attached hydrogens (tertiary/aromatic N) is 2. The minimum atomic E-state index is -0.987. The topological polar surface area (TPSA) is 80.5 Å². The molecule has 2 aromatic rings. The summed E-state index contributed by atoms with van der Waals surface area (Å²) in [5.74, 6) is -1.32. The van der Waals surface area contributed by atoms with Gasteiger partial charge in [0.25, 0.3) is 5.91 Å². The van der Waals surface area contributed by atoms with E-state index in [1.54, 1.807) is 29.2 Å². The molecule has 3 aliphatic rings. The van der Waals surface area contributed by atoms with Gasteiger partial charge in [0, 0.05) is 22.9 Å². The van der Waals surface area contributed by atoms with Crippen molar-refractivity contribution in [2.45, 2.75) is 37.4 Å². The molecule has 0 N–H and O–H groups in total. The van der Waals surface area contributed by atoms with Crippen molar-refractivity contribution < 1.29 is 14.5 Å². The SMILES string of the molecule is C[C@H]1[C@H]2C(=O)C[C@H]([C@@H]([N+](=O)[O-])[C@@H]2c2ccccc2)N1C(=O)c1ccccc1. The van der Waals surface area contributed by atoms with Crippen molar-refractivity contribution in [3.05, 3.63) is 81.9 Å². The maximum atomic E-state index is 13.1. The van der Waals surface area contributed by atoms with Crippen LogP contribution in [0.4, 0.5) is 0 Å². The van der Waals surface area contributed by atoms with Gasteiger partial charge in [-0.15, -0.1) is 0 Å². The van der Waals surface area contributed by atoms with Gasteiger partial charge in [-0.25, -0.2) is 0 Å². The molecular formula is C21H20N2O4. The van der Waals surface area contributed by atoms with Crippen LogP contribution in [0.5, 0.6) is 0 Å². The van der Waals surface area contributed by atoms with Crippen LogP contribution in [0.1, 0.15) is 35.2 Å². The highest BCUT2D eigenvalue weighted by atomic mass is 16.6. The summed E-state index contributed by atoms with van der Waals surface area (Å²) in [4.78, 5) is 39.1. The average Bonchev–Trinajstić information content (AvgIpc) is 2.68. The number of amides is 1. The second-order valence-electron chi connectivity index (χ2n) is 7.30. The molecule has 138 valence electrons. The second-order valence-corrected chi connectivity index (χ2v) is 7.30. The first-order valence-corrected chi connectivity index (χ1v) is 9.09. The molecule has 2 aliphatic heterocycles. The van der Waals surface area contributed by atoms with Crippen LogP contribution in [0, 0.1) is 16.0 Å². The van der Waals surface area contributed by atoms with Crippen LogP contribution in [0.15, 0.2) is 60.7 Å². The third-order valence-electron chi connectivity index (χ3n) is 5.93. The lowest BCUT2D eigenvalue weighted by atomic mass is 9.62. The molecule has 5 atom stereocenters. The molecule has 6 heteroatoms. The summed E-state index contributed by atoms with van der Waals surface area (Å²) in [6.07, 6.45) is 0.0442. The van der Waals surface area contributed by atoms with Gasteiger partial charge in [0.15, 0.2) is 0 Å². The quantitative estimate of drug-likeness (QED) is 0.619. The Morgan fingerprint density at radius 2 is 1.63 bits per heavy atom. The molecule has 27 heavy (non-hydrogen) atoms. The van der Waals surface area contributed by atoms with E-state index >= 15 is 0 Å². The van der Waals surface area contributed by atoms with Crippen molar-refractivity contribution in [2.24, 2.45) is 5.92 Å². The number of piperidine rings is 2. The van der Waals surface area contributed by atoms with Gasteiger partial charge in [0.05, 0.1) is 11.8 Å². The Balaban J connectivity index is 1.79. The van der Waals surface area contributed by atoms with Gasteiger partial charge in [0.2, 0.25) is 6.04 Å². The number of ketones is 1. The van der Waals surface area contributed by atoms with Gasteiger partial charge in [-0.3, -0.25) is 19.7 Å². The number of hydrogen-bond donors (Lipinski definition) is 0. The van der Waals surface area contributed by atoms with E-state index in [1.807, 2.05) is 43.3 Å². The van der Waals surface area contributed by atoms with E-state index in [-0.39, 0.29) is 29.1 Å². The van der Waals surface area contributed by atoms with E-state index < -0.39 is 23.9 Å². The fraction of sp³-hybridized carbons (Fsp3) is 0.333.